The molecule has 1 aliphatic heterocycles. The molecule has 0 aromatic rings. The van der Waals surface area contributed by atoms with Gasteiger partial charge in [-0.2, -0.15) is 0 Å². The second-order valence-electron chi connectivity index (χ2n) is 7.42. The van der Waals surface area contributed by atoms with Gasteiger partial charge in [0.15, 0.2) is 9.84 Å². The Labute approximate surface area is 128 Å². The Bertz CT molecular complexity index is 496. The lowest BCUT2D eigenvalue weighted by atomic mass is 9.67. The molecule has 5 nitrogen and oxygen atoms in total. The molecule has 1 saturated carbocycles. The molecule has 0 aromatic carbocycles. The molecule has 1 aliphatic carbocycles. The van der Waals surface area contributed by atoms with Gasteiger partial charge in [0.25, 0.3) is 0 Å². The zero-order valence-corrected chi connectivity index (χ0v) is 14.2. The van der Waals surface area contributed by atoms with Crippen molar-refractivity contribution in [3.63, 3.8) is 0 Å². The van der Waals surface area contributed by atoms with Crippen LogP contribution in [0.1, 0.15) is 46.5 Å². The number of hydrogen-bond donors (Lipinski definition) is 2. The van der Waals surface area contributed by atoms with Crippen molar-refractivity contribution >= 4 is 15.7 Å². The third kappa shape index (κ3) is 3.26. The average molecular weight is 316 g/mol. The Hall–Kier alpha value is -0.620. The van der Waals surface area contributed by atoms with Gasteiger partial charge in [-0.05, 0) is 46.1 Å². The molecule has 2 atom stereocenters. The van der Waals surface area contributed by atoms with E-state index in [1.165, 1.54) is 6.42 Å². The fraction of sp³-hybridized carbons (Fsp3) is 0.933. The van der Waals surface area contributed by atoms with E-state index in [2.05, 4.69) is 10.6 Å². The second-order valence-corrected chi connectivity index (χ2v) is 10.3. The van der Waals surface area contributed by atoms with Crippen molar-refractivity contribution in [2.75, 3.05) is 25.4 Å². The van der Waals surface area contributed by atoms with Crippen LogP contribution in [0.5, 0.6) is 0 Å². The number of nitrogens with one attached hydrogen (secondary N) is 2. The third-order valence-electron chi connectivity index (χ3n) is 5.08. The van der Waals surface area contributed by atoms with E-state index in [-0.39, 0.29) is 23.6 Å². The van der Waals surface area contributed by atoms with Crippen molar-refractivity contribution in [3.05, 3.63) is 0 Å². The first kappa shape index (κ1) is 16.7. The second kappa shape index (κ2) is 5.88. The van der Waals surface area contributed by atoms with Gasteiger partial charge in [0.1, 0.15) is 0 Å². The summed E-state index contributed by atoms with van der Waals surface area (Å²) in [5, 5.41) is 6.22. The zero-order valence-electron chi connectivity index (χ0n) is 13.4. The number of sulfone groups is 1. The van der Waals surface area contributed by atoms with Gasteiger partial charge < -0.3 is 10.6 Å². The fourth-order valence-corrected chi connectivity index (χ4v) is 4.45. The molecule has 21 heavy (non-hydrogen) atoms. The van der Waals surface area contributed by atoms with Gasteiger partial charge in [-0.3, -0.25) is 4.79 Å². The van der Waals surface area contributed by atoms with Gasteiger partial charge in [-0.1, -0.05) is 12.8 Å². The van der Waals surface area contributed by atoms with E-state index in [0.29, 0.717) is 5.92 Å². The quantitative estimate of drug-likeness (QED) is 0.814. The Balaban J connectivity index is 1.93. The molecule has 2 rings (SSSR count). The molecule has 1 heterocycles. The van der Waals surface area contributed by atoms with Crippen LogP contribution in [0.3, 0.4) is 0 Å². The van der Waals surface area contributed by atoms with E-state index in [9.17, 15) is 13.2 Å². The smallest absolute Gasteiger partial charge is 0.227 e. The fourth-order valence-electron chi connectivity index (χ4n) is 3.47. The summed E-state index contributed by atoms with van der Waals surface area (Å²) in [5.74, 6) is 0.461. The molecule has 2 aliphatic rings. The minimum atomic E-state index is -3.18. The number of rotatable bonds is 4. The minimum absolute atomic E-state index is 0.0103. The van der Waals surface area contributed by atoms with Crippen molar-refractivity contribution in [2.45, 2.75) is 51.2 Å². The molecule has 2 fully saturated rings. The van der Waals surface area contributed by atoms with Gasteiger partial charge in [0.05, 0.1) is 15.9 Å². The highest BCUT2D eigenvalue weighted by atomic mass is 32.2. The van der Waals surface area contributed by atoms with Crippen LogP contribution in [0.2, 0.25) is 0 Å². The SMILES string of the molecule is CC(C)(C)S(=O)(=O)CCNC(=O)[C@@]12CCCC[C@H]1CNC2. The lowest BCUT2D eigenvalue weighted by Gasteiger charge is -2.37. The minimum Gasteiger partial charge on any atom is -0.355 e. The van der Waals surface area contributed by atoms with E-state index >= 15 is 0 Å². The lowest BCUT2D eigenvalue weighted by Crippen LogP contribution is -2.49. The standard InChI is InChI=1S/C15H28N2O3S/c1-14(2,3)21(19,20)9-8-17-13(18)15-7-5-4-6-12(15)10-16-11-15/h12,16H,4-11H2,1-3H3,(H,17,18)/t12-,15+/m0/s1. The first-order chi connectivity index (χ1) is 9.69. The van der Waals surface area contributed by atoms with Crippen LogP contribution >= 0.6 is 0 Å². The van der Waals surface area contributed by atoms with Crippen molar-refractivity contribution in [2.24, 2.45) is 11.3 Å². The summed E-state index contributed by atoms with van der Waals surface area (Å²) in [6.45, 7) is 6.94. The van der Waals surface area contributed by atoms with Gasteiger partial charge in [0, 0.05) is 13.1 Å². The van der Waals surface area contributed by atoms with E-state index in [1.54, 1.807) is 20.8 Å². The van der Waals surface area contributed by atoms with Crippen LogP contribution in [-0.4, -0.2) is 44.5 Å². The predicted molar refractivity (Wildman–Crippen MR) is 83.8 cm³/mol. The van der Waals surface area contributed by atoms with Crippen molar-refractivity contribution in [1.82, 2.24) is 10.6 Å². The van der Waals surface area contributed by atoms with Crippen LogP contribution in [-0.2, 0) is 14.6 Å². The van der Waals surface area contributed by atoms with E-state index in [4.69, 9.17) is 0 Å². The number of fused-ring (bicyclic) bond motifs is 1. The Morgan fingerprint density at radius 1 is 1.33 bits per heavy atom. The zero-order chi connectivity index (χ0) is 15.7. The van der Waals surface area contributed by atoms with Crippen LogP contribution in [0.15, 0.2) is 0 Å². The van der Waals surface area contributed by atoms with Crippen LogP contribution < -0.4 is 10.6 Å². The molecule has 1 saturated heterocycles. The van der Waals surface area contributed by atoms with Gasteiger partial charge in [-0.25, -0.2) is 8.42 Å². The predicted octanol–water partition coefficient (Wildman–Crippen LogP) is 1.10. The van der Waals surface area contributed by atoms with Gasteiger partial charge >= 0.3 is 0 Å². The summed E-state index contributed by atoms with van der Waals surface area (Å²) in [6, 6.07) is 0. The van der Waals surface area contributed by atoms with Gasteiger partial charge in [0.2, 0.25) is 5.91 Å². The molecule has 1 amide bonds. The normalized spacial score (nSPS) is 30.0. The van der Waals surface area contributed by atoms with E-state index in [1.807, 2.05) is 0 Å². The molecule has 6 heteroatoms. The van der Waals surface area contributed by atoms with Crippen LogP contribution in [0.4, 0.5) is 0 Å². The topological polar surface area (TPSA) is 75.3 Å². The maximum absolute atomic E-state index is 12.6. The Morgan fingerprint density at radius 3 is 2.71 bits per heavy atom. The third-order valence-corrected chi connectivity index (χ3v) is 7.69. The summed E-state index contributed by atoms with van der Waals surface area (Å²) in [5.41, 5.74) is -0.302. The summed E-state index contributed by atoms with van der Waals surface area (Å²) in [4.78, 5) is 12.6. The Morgan fingerprint density at radius 2 is 2.05 bits per heavy atom. The molecule has 0 unspecified atom stereocenters. The molecule has 0 aromatic heterocycles. The largest absolute Gasteiger partial charge is 0.355 e. The molecule has 2 N–H and O–H groups in total. The highest BCUT2D eigenvalue weighted by molar-refractivity contribution is 7.92. The van der Waals surface area contributed by atoms with Crippen molar-refractivity contribution in [1.29, 1.82) is 0 Å². The summed E-state index contributed by atoms with van der Waals surface area (Å²) in [7, 11) is -3.18. The van der Waals surface area contributed by atoms with Gasteiger partial charge in [-0.15, -0.1) is 0 Å². The molecule has 0 spiro atoms. The van der Waals surface area contributed by atoms with Crippen molar-refractivity contribution in [3.8, 4) is 0 Å². The number of carbonyl (C=O) groups is 1. The first-order valence-electron chi connectivity index (χ1n) is 7.90. The monoisotopic (exact) mass is 316 g/mol. The maximum Gasteiger partial charge on any atom is 0.227 e. The molecule has 122 valence electrons. The van der Waals surface area contributed by atoms with E-state index < -0.39 is 14.6 Å². The van der Waals surface area contributed by atoms with Crippen LogP contribution in [0, 0.1) is 11.3 Å². The van der Waals surface area contributed by atoms with Crippen LogP contribution in [0.25, 0.3) is 0 Å². The highest BCUT2D eigenvalue weighted by Gasteiger charge is 2.49. The summed E-state index contributed by atoms with van der Waals surface area (Å²) >= 11 is 0. The average Bonchev–Trinajstić information content (AvgIpc) is 2.81. The van der Waals surface area contributed by atoms with Crippen molar-refractivity contribution < 1.29 is 13.2 Å². The highest BCUT2D eigenvalue weighted by Crippen LogP contribution is 2.43. The first-order valence-corrected chi connectivity index (χ1v) is 9.56. The lowest BCUT2D eigenvalue weighted by molar-refractivity contribution is -0.133. The number of hydrogen-bond acceptors (Lipinski definition) is 4. The Kier molecular flexibility index (Phi) is 4.69. The number of amides is 1. The molecular formula is C15H28N2O3S. The number of carbonyl (C=O) groups excluding carboxylic acids is 1. The summed E-state index contributed by atoms with van der Waals surface area (Å²) < 4.78 is 23.4. The van der Waals surface area contributed by atoms with E-state index in [0.717, 1.165) is 32.4 Å². The maximum atomic E-state index is 12.6. The summed E-state index contributed by atoms with van der Waals surface area (Å²) in [6.07, 6.45) is 4.30. The molecule has 0 bridgehead atoms. The molecule has 0 radical (unpaired) electrons. The molecular weight excluding hydrogens is 288 g/mol.